The number of thiophene rings is 1. The zero-order chi connectivity index (χ0) is 12.8. The van der Waals surface area contributed by atoms with Crippen LogP contribution in [0.2, 0.25) is 0 Å². The van der Waals surface area contributed by atoms with Crippen LogP contribution in [0, 0.1) is 0 Å². The van der Waals surface area contributed by atoms with E-state index in [-0.39, 0.29) is 0 Å². The van der Waals surface area contributed by atoms with Gasteiger partial charge in [-0.15, -0.1) is 11.3 Å². The predicted molar refractivity (Wildman–Crippen MR) is 80.0 cm³/mol. The van der Waals surface area contributed by atoms with Crippen molar-refractivity contribution in [2.45, 2.75) is 39.3 Å². The first kappa shape index (κ1) is 13.3. The Morgan fingerprint density at radius 1 is 1.06 bits per heavy atom. The molecule has 2 aromatic rings. The van der Waals surface area contributed by atoms with Crippen LogP contribution < -0.4 is 5.32 Å². The summed E-state index contributed by atoms with van der Waals surface area (Å²) in [6.07, 6.45) is 2.24. The molecule has 1 aromatic carbocycles. The van der Waals surface area contributed by atoms with Gasteiger partial charge >= 0.3 is 0 Å². The number of hydrogen-bond donors (Lipinski definition) is 1. The minimum atomic E-state index is 0.481. The lowest BCUT2D eigenvalue weighted by Gasteiger charge is -2.17. The van der Waals surface area contributed by atoms with Gasteiger partial charge in [0.15, 0.2) is 0 Å². The molecule has 2 rings (SSSR count). The van der Waals surface area contributed by atoms with Crippen LogP contribution in [0.3, 0.4) is 0 Å². The van der Waals surface area contributed by atoms with Crippen LogP contribution in [-0.2, 0) is 13.0 Å². The average molecular weight is 259 g/mol. The maximum absolute atomic E-state index is 3.67. The lowest BCUT2D eigenvalue weighted by atomic mass is 10.0. The van der Waals surface area contributed by atoms with E-state index in [4.69, 9.17) is 0 Å². The monoisotopic (exact) mass is 259 g/mol. The fraction of sp³-hybridized carbons (Fsp3) is 0.375. The minimum Gasteiger partial charge on any atom is -0.305 e. The molecule has 0 saturated carbocycles. The SMILES string of the molecule is CCc1ccccc1CNC(CC)c1cccs1. The highest BCUT2D eigenvalue weighted by atomic mass is 32.1. The molecule has 0 amide bonds. The Bertz CT molecular complexity index is 462. The van der Waals surface area contributed by atoms with Crippen molar-refractivity contribution in [1.82, 2.24) is 5.32 Å². The van der Waals surface area contributed by atoms with Gasteiger partial charge in [-0.3, -0.25) is 0 Å². The predicted octanol–water partition coefficient (Wildman–Crippen LogP) is 4.55. The number of nitrogens with one attached hydrogen (secondary N) is 1. The third-order valence-corrected chi connectivity index (χ3v) is 4.32. The first-order chi connectivity index (χ1) is 8.85. The number of aryl methyl sites for hydroxylation is 1. The Hall–Kier alpha value is -1.12. The summed E-state index contributed by atoms with van der Waals surface area (Å²) in [4.78, 5) is 1.44. The quantitative estimate of drug-likeness (QED) is 0.802. The molecule has 96 valence electrons. The first-order valence-corrected chi connectivity index (χ1v) is 7.56. The number of hydrogen-bond acceptors (Lipinski definition) is 2. The Balaban J connectivity index is 2.02. The zero-order valence-electron chi connectivity index (χ0n) is 11.1. The van der Waals surface area contributed by atoms with Crippen molar-refractivity contribution in [3.63, 3.8) is 0 Å². The molecule has 0 aliphatic heterocycles. The van der Waals surface area contributed by atoms with Crippen LogP contribution in [-0.4, -0.2) is 0 Å². The highest BCUT2D eigenvalue weighted by Gasteiger charge is 2.10. The molecule has 0 aliphatic rings. The van der Waals surface area contributed by atoms with E-state index in [0.717, 1.165) is 19.4 Å². The van der Waals surface area contributed by atoms with Gasteiger partial charge in [-0.05, 0) is 35.4 Å². The van der Waals surface area contributed by atoms with Crippen molar-refractivity contribution >= 4 is 11.3 Å². The van der Waals surface area contributed by atoms with Crippen LogP contribution in [0.1, 0.15) is 42.3 Å². The molecule has 1 N–H and O–H groups in total. The molecule has 2 heteroatoms. The molecule has 0 fully saturated rings. The largest absolute Gasteiger partial charge is 0.305 e. The second-order valence-electron chi connectivity index (χ2n) is 4.48. The van der Waals surface area contributed by atoms with Gasteiger partial charge in [0.25, 0.3) is 0 Å². The Morgan fingerprint density at radius 2 is 1.83 bits per heavy atom. The highest BCUT2D eigenvalue weighted by molar-refractivity contribution is 7.10. The minimum absolute atomic E-state index is 0.481. The summed E-state index contributed by atoms with van der Waals surface area (Å²) >= 11 is 1.84. The van der Waals surface area contributed by atoms with Crippen molar-refractivity contribution < 1.29 is 0 Å². The van der Waals surface area contributed by atoms with Gasteiger partial charge in [-0.25, -0.2) is 0 Å². The maximum atomic E-state index is 3.67. The van der Waals surface area contributed by atoms with Gasteiger partial charge in [-0.1, -0.05) is 44.2 Å². The normalized spacial score (nSPS) is 12.6. The molecule has 1 nitrogen and oxygen atoms in total. The van der Waals surface area contributed by atoms with Crippen LogP contribution in [0.4, 0.5) is 0 Å². The Kier molecular flexibility index (Phi) is 4.97. The van der Waals surface area contributed by atoms with Crippen molar-refractivity contribution in [2.75, 3.05) is 0 Å². The van der Waals surface area contributed by atoms with Gasteiger partial charge in [0.1, 0.15) is 0 Å². The Labute approximate surface area is 114 Å². The van der Waals surface area contributed by atoms with E-state index in [9.17, 15) is 0 Å². The van der Waals surface area contributed by atoms with Crippen LogP contribution >= 0.6 is 11.3 Å². The lowest BCUT2D eigenvalue weighted by molar-refractivity contribution is 0.525. The highest BCUT2D eigenvalue weighted by Crippen LogP contribution is 2.22. The molecule has 1 heterocycles. The van der Waals surface area contributed by atoms with Gasteiger partial charge < -0.3 is 5.32 Å². The second-order valence-corrected chi connectivity index (χ2v) is 5.46. The van der Waals surface area contributed by atoms with E-state index in [2.05, 4.69) is 60.9 Å². The smallest absolute Gasteiger partial charge is 0.0414 e. The van der Waals surface area contributed by atoms with Gasteiger partial charge in [0.05, 0.1) is 0 Å². The summed E-state index contributed by atoms with van der Waals surface area (Å²) < 4.78 is 0. The molecule has 0 bridgehead atoms. The molecule has 18 heavy (non-hydrogen) atoms. The average Bonchev–Trinajstić information content (AvgIpc) is 2.94. The summed E-state index contributed by atoms with van der Waals surface area (Å²) in [5.74, 6) is 0. The standard InChI is InChI=1S/C16H21NS/c1-3-13-8-5-6-9-14(13)12-17-15(4-2)16-10-7-11-18-16/h5-11,15,17H,3-4,12H2,1-2H3. The van der Waals surface area contributed by atoms with E-state index >= 15 is 0 Å². The third-order valence-electron chi connectivity index (χ3n) is 3.33. The molecular formula is C16H21NS. The van der Waals surface area contributed by atoms with Crippen molar-refractivity contribution in [1.29, 1.82) is 0 Å². The number of rotatable bonds is 6. The second kappa shape index (κ2) is 6.72. The van der Waals surface area contributed by atoms with Gasteiger partial charge in [0, 0.05) is 17.5 Å². The fourth-order valence-corrected chi connectivity index (χ4v) is 3.13. The summed E-state index contributed by atoms with van der Waals surface area (Å²) in [5.41, 5.74) is 2.88. The van der Waals surface area contributed by atoms with Crippen molar-refractivity contribution in [3.8, 4) is 0 Å². The molecular weight excluding hydrogens is 238 g/mol. The van der Waals surface area contributed by atoms with Gasteiger partial charge in [0.2, 0.25) is 0 Å². The topological polar surface area (TPSA) is 12.0 Å². The summed E-state index contributed by atoms with van der Waals surface area (Å²) in [7, 11) is 0. The molecule has 0 radical (unpaired) electrons. The van der Waals surface area contributed by atoms with Crippen molar-refractivity contribution in [3.05, 3.63) is 57.8 Å². The summed E-state index contributed by atoms with van der Waals surface area (Å²) in [5, 5.41) is 5.83. The van der Waals surface area contributed by atoms with E-state index in [1.807, 2.05) is 11.3 Å². The molecule has 1 unspecified atom stereocenters. The van der Waals surface area contributed by atoms with Crippen LogP contribution in [0.5, 0.6) is 0 Å². The first-order valence-electron chi connectivity index (χ1n) is 6.68. The van der Waals surface area contributed by atoms with Crippen LogP contribution in [0.25, 0.3) is 0 Å². The lowest BCUT2D eigenvalue weighted by Crippen LogP contribution is -2.20. The molecule has 1 aromatic heterocycles. The molecule has 0 aliphatic carbocycles. The molecule has 1 atom stereocenters. The molecule has 0 saturated heterocycles. The van der Waals surface area contributed by atoms with Crippen LogP contribution in [0.15, 0.2) is 41.8 Å². The van der Waals surface area contributed by atoms with Crippen molar-refractivity contribution in [2.24, 2.45) is 0 Å². The Morgan fingerprint density at radius 3 is 2.44 bits per heavy atom. The molecule has 0 spiro atoms. The zero-order valence-corrected chi connectivity index (χ0v) is 12.0. The van der Waals surface area contributed by atoms with E-state index < -0.39 is 0 Å². The van der Waals surface area contributed by atoms with Gasteiger partial charge in [-0.2, -0.15) is 0 Å². The van der Waals surface area contributed by atoms with E-state index in [0.29, 0.717) is 6.04 Å². The fourth-order valence-electron chi connectivity index (χ4n) is 2.24. The summed E-state index contributed by atoms with van der Waals surface area (Å²) in [6, 6.07) is 13.5. The summed E-state index contributed by atoms with van der Waals surface area (Å²) in [6.45, 7) is 5.42. The van der Waals surface area contributed by atoms with E-state index in [1.165, 1.54) is 16.0 Å². The maximum Gasteiger partial charge on any atom is 0.0414 e. The van der Waals surface area contributed by atoms with E-state index in [1.54, 1.807) is 0 Å². The number of benzene rings is 1. The third kappa shape index (κ3) is 3.21.